The average molecular weight is 336 g/mol. The molecule has 0 bridgehead atoms. The van der Waals surface area contributed by atoms with E-state index in [4.69, 9.17) is 0 Å². The van der Waals surface area contributed by atoms with Crippen LogP contribution in [0.2, 0.25) is 0 Å². The van der Waals surface area contributed by atoms with Crippen molar-refractivity contribution in [1.29, 1.82) is 0 Å². The fourth-order valence-electron chi connectivity index (χ4n) is 4.21. The van der Waals surface area contributed by atoms with E-state index in [1.54, 1.807) is 0 Å². The van der Waals surface area contributed by atoms with Crippen LogP contribution in [0.15, 0.2) is 0 Å². The minimum Gasteiger partial charge on any atom is -0.338 e. The number of imide groups is 1. The molecule has 1 spiro atoms. The van der Waals surface area contributed by atoms with Crippen LogP contribution in [0.1, 0.15) is 51.9 Å². The molecule has 4 amide bonds. The van der Waals surface area contributed by atoms with E-state index in [9.17, 15) is 14.4 Å². The Morgan fingerprint density at radius 1 is 1.33 bits per heavy atom. The van der Waals surface area contributed by atoms with E-state index in [0.29, 0.717) is 0 Å². The van der Waals surface area contributed by atoms with Crippen LogP contribution < -0.4 is 10.6 Å². The van der Waals surface area contributed by atoms with Crippen molar-refractivity contribution in [1.82, 2.24) is 20.4 Å². The van der Waals surface area contributed by atoms with Crippen LogP contribution in [0, 0.1) is 0 Å². The first-order valence-electron chi connectivity index (χ1n) is 9.22. The van der Waals surface area contributed by atoms with E-state index in [2.05, 4.69) is 17.6 Å². The summed E-state index contributed by atoms with van der Waals surface area (Å²) < 4.78 is 0. The summed E-state index contributed by atoms with van der Waals surface area (Å²) in [5, 5.41) is 6.15. The van der Waals surface area contributed by atoms with Gasteiger partial charge in [0.1, 0.15) is 5.54 Å². The number of rotatable bonds is 6. The van der Waals surface area contributed by atoms with Crippen molar-refractivity contribution >= 4 is 17.8 Å². The van der Waals surface area contributed by atoms with Crippen molar-refractivity contribution in [2.75, 3.05) is 26.2 Å². The highest BCUT2D eigenvalue weighted by atomic mass is 16.2. The summed E-state index contributed by atoms with van der Waals surface area (Å²) >= 11 is 0. The molecule has 1 unspecified atom stereocenters. The molecule has 0 aromatic rings. The molecule has 7 heteroatoms. The van der Waals surface area contributed by atoms with Crippen molar-refractivity contribution < 1.29 is 14.4 Å². The third-order valence-corrected chi connectivity index (χ3v) is 5.51. The van der Waals surface area contributed by atoms with Crippen LogP contribution in [0.4, 0.5) is 4.79 Å². The average Bonchev–Trinajstić information content (AvgIpc) is 3.28. The third kappa shape index (κ3) is 3.14. The Morgan fingerprint density at radius 3 is 2.71 bits per heavy atom. The Morgan fingerprint density at radius 2 is 2.08 bits per heavy atom. The van der Waals surface area contributed by atoms with Gasteiger partial charge in [0.05, 0.1) is 0 Å². The molecule has 1 atom stereocenters. The number of nitrogens with zero attached hydrogens (tertiary/aromatic N) is 2. The molecule has 1 aliphatic carbocycles. The molecule has 3 rings (SSSR count). The first kappa shape index (κ1) is 17.2. The van der Waals surface area contributed by atoms with E-state index in [1.165, 1.54) is 4.90 Å². The van der Waals surface area contributed by atoms with E-state index in [-0.39, 0.29) is 36.9 Å². The zero-order valence-electron chi connectivity index (χ0n) is 14.5. The summed E-state index contributed by atoms with van der Waals surface area (Å²) in [4.78, 5) is 40.6. The number of hydrogen-bond donors (Lipinski definition) is 2. The van der Waals surface area contributed by atoms with E-state index >= 15 is 0 Å². The van der Waals surface area contributed by atoms with Crippen LogP contribution in [0.5, 0.6) is 0 Å². The number of hydrogen-bond acceptors (Lipinski definition) is 4. The zero-order valence-corrected chi connectivity index (χ0v) is 14.5. The SMILES string of the molecule is CCCN(C(=O)CCN1C(=O)NC2(CCCC2)C1=O)C1CCNC1. The predicted molar refractivity (Wildman–Crippen MR) is 89.3 cm³/mol. The Kier molecular flexibility index (Phi) is 5.08. The summed E-state index contributed by atoms with van der Waals surface area (Å²) in [5.41, 5.74) is -0.682. The van der Waals surface area contributed by atoms with E-state index in [0.717, 1.165) is 58.2 Å². The highest BCUT2D eigenvalue weighted by Gasteiger charge is 2.52. The van der Waals surface area contributed by atoms with Crippen LogP contribution in [0.25, 0.3) is 0 Å². The van der Waals surface area contributed by atoms with Gasteiger partial charge in [0.25, 0.3) is 5.91 Å². The lowest BCUT2D eigenvalue weighted by atomic mass is 9.98. The first-order chi connectivity index (χ1) is 11.6. The molecular formula is C17H28N4O3. The molecule has 2 aliphatic heterocycles. The number of carbonyl (C=O) groups is 3. The van der Waals surface area contributed by atoms with Crippen LogP contribution in [0.3, 0.4) is 0 Å². The Bertz CT molecular complexity index is 510. The van der Waals surface area contributed by atoms with E-state index < -0.39 is 5.54 Å². The van der Waals surface area contributed by atoms with Gasteiger partial charge in [-0.25, -0.2) is 4.79 Å². The second-order valence-electron chi connectivity index (χ2n) is 7.16. The molecule has 3 aliphatic rings. The summed E-state index contributed by atoms with van der Waals surface area (Å²) in [5.74, 6) is -0.0964. The van der Waals surface area contributed by atoms with Crippen molar-refractivity contribution in [3.8, 4) is 0 Å². The molecule has 0 aromatic carbocycles. The lowest BCUT2D eigenvalue weighted by molar-refractivity contribution is -0.135. The maximum absolute atomic E-state index is 12.6. The van der Waals surface area contributed by atoms with Gasteiger partial charge in [0.2, 0.25) is 5.91 Å². The Hall–Kier alpha value is -1.63. The quantitative estimate of drug-likeness (QED) is 0.704. The van der Waals surface area contributed by atoms with Crippen LogP contribution >= 0.6 is 0 Å². The summed E-state index contributed by atoms with van der Waals surface area (Å²) in [6, 6.07) is -0.0963. The maximum Gasteiger partial charge on any atom is 0.325 e. The normalized spacial score (nSPS) is 25.5. The number of urea groups is 1. The smallest absolute Gasteiger partial charge is 0.325 e. The molecule has 3 fully saturated rings. The molecule has 1 saturated carbocycles. The van der Waals surface area contributed by atoms with Gasteiger partial charge in [-0.2, -0.15) is 0 Å². The summed E-state index contributed by atoms with van der Waals surface area (Å²) in [6.07, 6.45) is 5.48. The fourth-order valence-corrected chi connectivity index (χ4v) is 4.21. The summed E-state index contributed by atoms with van der Waals surface area (Å²) in [7, 11) is 0. The number of carbonyl (C=O) groups excluding carboxylic acids is 3. The van der Waals surface area contributed by atoms with Crippen LogP contribution in [-0.4, -0.2) is 65.4 Å². The largest absolute Gasteiger partial charge is 0.338 e. The topological polar surface area (TPSA) is 81.8 Å². The molecule has 2 N–H and O–H groups in total. The minimum absolute atomic E-state index is 0.0403. The van der Waals surface area contributed by atoms with Gasteiger partial charge in [-0.3, -0.25) is 14.5 Å². The minimum atomic E-state index is -0.682. The molecule has 0 radical (unpaired) electrons. The molecule has 24 heavy (non-hydrogen) atoms. The monoisotopic (exact) mass is 336 g/mol. The van der Waals surface area contributed by atoms with E-state index in [1.807, 2.05) is 4.90 Å². The highest BCUT2D eigenvalue weighted by molar-refractivity contribution is 6.07. The number of nitrogens with one attached hydrogen (secondary N) is 2. The van der Waals surface area contributed by atoms with Gasteiger partial charge in [0, 0.05) is 32.1 Å². The van der Waals surface area contributed by atoms with Crippen molar-refractivity contribution in [2.24, 2.45) is 0 Å². The second-order valence-corrected chi connectivity index (χ2v) is 7.16. The lowest BCUT2D eigenvalue weighted by Crippen LogP contribution is -2.45. The molecular weight excluding hydrogens is 308 g/mol. The third-order valence-electron chi connectivity index (χ3n) is 5.51. The van der Waals surface area contributed by atoms with Gasteiger partial charge in [0.15, 0.2) is 0 Å². The van der Waals surface area contributed by atoms with Crippen molar-refractivity contribution in [3.63, 3.8) is 0 Å². The first-order valence-corrected chi connectivity index (χ1v) is 9.22. The molecule has 2 saturated heterocycles. The Labute approximate surface area is 143 Å². The van der Waals surface area contributed by atoms with Crippen molar-refractivity contribution in [3.05, 3.63) is 0 Å². The van der Waals surface area contributed by atoms with Crippen molar-refractivity contribution in [2.45, 2.75) is 63.5 Å². The number of amides is 4. The second kappa shape index (κ2) is 7.09. The predicted octanol–water partition coefficient (Wildman–Crippen LogP) is 0.842. The van der Waals surface area contributed by atoms with Gasteiger partial charge in [-0.1, -0.05) is 19.8 Å². The molecule has 7 nitrogen and oxygen atoms in total. The lowest BCUT2D eigenvalue weighted by Gasteiger charge is -2.29. The maximum atomic E-state index is 12.6. The fraction of sp³-hybridized carbons (Fsp3) is 0.824. The zero-order chi connectivity index (χ0) is 17.2. The molecule has 2 heterocycles. The van der Waals surface area contributed by atoms with Crippen LogP contribution in [-0.2, 0) is 9.59 Å². The molecule has 0 aromatic heterocycles. The van der Waals surface area contributed by atoms with Gasteiger partial charge < -0.3 is 15.5 Å². The summed E-state index contributed by atoms with van der Waals surface area (Å²) in [6.45, 7) is 4.75. The molecule has 134 valence electrons. The Balaban J connectivity index is 1.58. The van der Waals surface area contributed by atoms with Gasteiger partial charge >= 0.3 is 6.03 Å². The highest BCUT2D eigenvalue weighted by Crippen LogP contribution is 2.35. The van der Waals surface area contributed by atoms with Gasteiger partial charge in [-0.05, 0) is 32.2 Å². The standard InChI is InChI=1S/C17H28N4O3/c1-2-10-20(13-5-9-18-12-13)14(22)6-11-21-15(23)17(19-16(21)24)7-3-4-8-17/h13,18H,2-12H2,1H3,(H,19,24). The van der Waals surface area contributed by atoms with Gasteiger partial charge in [-0.15, -0.1) is 0 Å².